The van der Waals surface area contributed by atoms with E-state index in [1.54, 1.807) is 18.1 Å². The number of piperazine rings is 1. The molecule has 18 heavy (non-hydrogen) atoms. The Morgan fingerprint density at radius 1 is 1.28 bits per heavy atom. The maximum atomic E-state index is 4.36. The molecule has 3 rings (SSSR count). The first kappa shape index (κ1) is 12.2. The summed E-state index contributed by atoms with van der Waals surface area (Å²) in [5.41, 5.74) is 0. The van der Waals surface area contributed by atoms with Crippen molar-refractivity contribution in [1.29, 1.82) is 0 Å². The van der Waals surface area contributed by atoms with E-state index in [2.05, 4.69) is 31.2 Å². The molecular formula is C12H19N5S. The van der Waals surface area contributed by atoms with Crippen molar-refractivity contribution in [2.24, 2.45) is 0 Å². The zero-order valence-corrected chi connectivity index (χ0v) is 11.5. The maximum Gasteiger partial charge on any atom is 0.133 e. The number of rotatable bonds is 3. The van der Waals surface area contributed by atoms with Gasteiger partial charge in [0.05, 0.1) is 0 Å². The van der Waals surface area contributed by atoms with E-state index >= 15 is 0 Å². The van der Waals surface area contributed by atoms with Gasteiger partial charge in [-0.3, -0.25) is 4.90 Å². The van der Waals surface area contributed by atoms with E-state index in [1.807, 2.05) is 6.26 Å². The second kappa shape index (κ2) is 5.42. The Bertz CT molecular complexity index is 401. The van der Waals surface area contributed by atoms with Gasteiger partial charge in [-0.25, -0.2) is 9.97 Å². The quantitative estimate of drug-likeness (QED) is 0.626. The lowest BCUT2D eigenvalue weighted by atomic mass is 10.1. The van der Waals surface area contributed by atoms with Crippen molar-refractivity contribution in [2.75, 3.05) is 50.4 Å². The third kappa shape index (κ3) is 2.46. The van der Waals surface area contributed by atoms with Crippen LogP contribution in [0.25, 0.3) is 0 Å². The molecule has 0 spiro atoms. The number of thioether (sulfide) groups is 1. The fourth-order valence-corrected chi connectivity index (χ4v) is 2.91. The highest BCUT2D eigenvalue weighted by molar-refractivity contribution is 7.98. The molecule has 0 unspecified atom stereocenters. The molecule has 0 saturated carbocycles. The van der Waals surface area contributed by atoms with Gasteiger partial charge in [0.1, 0.15) is 17.2 Å². The van der Waals surface area contributed by atoms with Crippen molar-refractivity contribution in [3.63, 3.8) is 0 Å². The molecule has 2 saturated heterocycles. The first-order valence-electron chi connectivity index (χ1n) is 6.42. The van der Waals surface area contributed by atoms with Crippen LogP contribution in [0.4, 0.5) is 5.82 Å². The van der Waals surface area contributed by atoms with Crippen LogP contribution in [0, 0.1) is 0 Å². The number of hydrogen-bond acceptors (Lipinski definition) is 6. The summed E-state index contributed by atoms with van der Waals surface area (Å²) >= 11 is 1.67. The molecule has 0 aliphatic carbocycles. The highest BCUT2D eigenvalue weighted by Crippen LogP contribution is 2.24. The fraction of sp³-hybridized carbons (Fsp3) is 0.667. The van der Waals surface area contributed by atoms with Crippen LogP contribution in [0.5, 0.6) is 0 Å². The summed E-state index contributed by atoms with van der Waals surface area (Å²) in [4.78, 5) is 13.5. The molecule has 1 aromatic rings. The zero-order chi connectivity index (χ0) is 12.4. The van der Waals surface area contributed by atoms with Crippen LogP contribution in [0.3, 0.4) is 0 Å². The van der Waals surface area contributed by atoms with Crippen molar-refractivity contribution in [3.05, 3.63) is 12.4 Å². The molecular weight excluding hydrogens is 246 g/mol. The van der Waals surface area contributed by atoms with Gasteiger partial charge >= 0.3 is 0 Å². The number of anilines is 1. The Kier molecular flexibility index (Phi) is 3.67. The Labute approximate surface area is 112 Å². The first-order valence-corrected chi connectivity index (χ1v) is 7.65. The van der Waals surface area contributed by atoms with E-state index in [1.165, 1.54) is 13.1 Å². The Morgan fingerprint density at radius 2 is 2.06 bits per heavy atom. The number of nitrogens with zero attached hydrogens (tertiary/aromatic N) is 4. The predicted molar refractivity (Wildman–Crippen MR) is 74.3 cm³/mol. The Morgan fingerprint density at radius 3 is 2.78 bits per heavy atom. The summed E-state index contributed by atoms with van der Waals surface area (Å²) in [6.45, 7) is 6.81. The van der Waals surface area contributed by atoms with E-state index in [4.69, 9.17) is 0 Å². The SMILES string of the molecule is CSc1cc(N2CC(N3CCNCC3)C2)ncn1. The van der Waals surface area contributed by atoms with Gasteiger partial charge in [-0.05, 0) is 6.26 Å². The van der Waals surface area contributed by atoms with Crippen LogP contribution < -0.4 is 10.2 Å². The molecule has 2 fully saturated rings. The van der Waals surface area contributed by atoms with E-state index in [-0.39, 0.29) is 0 Å². The monoisotopic (exact) mass is 265 g/mol. The van der Waals surface area contributed by atoms with Crippen LogP contribution in [-0.4, -0.2) is 66.4 Å². The van der Waals surface area contributed by atoms with Crippen molar-refractivity contribution >= 4 is 17.6 Å². The third-order valence-electron chi connectivity index (χ3n) is 3.69. The lowest BCUT2D eigenvalue weighted by Crippen LogP contribution is -2.63. The van der Waals surface area contributed by atoms with Crippen LogP contribution >= 0.6 is 11.8 Å². The predicted octanol–water partition coefficient (Wildman–Crippen LogP) is 0.292. The lowest BCUT2D eigenvalue weighted by Gasteiger charge is -2.47. The van der Waals surface area contributed by atoms with Crippen molar-refractivity contribution in [3.8, 4) is 0 Å². The molecule has 98 valence electrons. The maximum absolute atomic E-state index is 4.36. The Hall–Kier alpha value is -0.850. The average Bonchev–Trinajstić information content (AvgIpc) is 2.39. The molecule has 2 aliphatic rings. The fourth-order valence-electron chi connectivity index (χ4n) is 2.54. The standard InChI is InChI=1S/C12H19N5S/c1-18-12-6-11(14-9-15-12)17-7-10(8-17)16-4-2-13-3-5-16/h6,9-10,13H,2-5,7-8H2,1H3. The van der Waals surface area contributed by atoms with E-state index < -0.39 is 0 Å². The van der Waals surface area contributed by atoms with Crippen LogP contribution in [-0.2, 0) is 0 Å². The molecule has 5 nitrogen and oxygen atoms in total. The minimum atomic E-state index is 0.708. The van der Waals surface area contributed by atoms with Crippen molar-refractivity contribution in [1.82, 2.24) is 20.2 Å². The summed E-state index contributed by atoms with van der Waals surface area (Å²) in [6, 6.07) is 2.79. The summed E-state index contributed by atoms with van der Waals surface area (Å²) < 4.78 is 0. The average molecular weight is 265 g/mol. The minimum Gasteiger partial charge on any atom is -0.353 e. The van der Waals surface area contributed by atoms with Gasteiger partial charge in [0.25, 0.3) is 0 Å². The molecule has 1 N–H and O–H groups in total. The van der Waals surface area contributed by atoms with Crippen LogP contribution in [0.15, 0.2) is 17.4 Å². The lowest BCUT2D eigenvalue weighted by molar-refractivity contribution is 0.147. The number of aromatic nitrogens is 2. The van der Waals surface area contributed by atoms with Crippen LogP contribution in [0.2, 0.25) is 0 Å². The van der Waals surface area contributed by atoms with Crippen molar-refractivity contribution < 1.29 is 0 Å². The summed E-state index contributed by atoms with van der Waals surface area (Å²) in [7, 11) is 0. The zero-order valence-electron chi connectivity index (χ0n) is 10.7. The highest BCUT2D eigenvalue weighted by Gasteiger charge is 2.33. The number of hydrogen-bond donors (Lipinski definition) is 1. The van der Waals surface area contributed by atoms with E-state index in [9.17, 15) is 0 Å². The van der Waals surface area contributed by atoms with Gasteiger partial charge in [-0.1, -0.05) is 0 Å². The molecule has 0 radical (unpaired) electrons. The molecule has 3 heterocycles. The molecule has 2 aliphatic heterocycles. The summed E-state index contributed by atoms with van der Waals surface area (Å²) in [5, 5.41) is 4.44. The second-order valence-electron chi connectivity index (χ2n) is 4.76. The van der Waals surface area contributed by atoms with Crippen molar-refractivity contribution in [2.45, 2.75) is 11.1 Å². The summed E-state index contributed by atoms with van der Waals surface area (Å²) in [6.07, 6.45) is 3.71. The van der Waals surface area contributed by atoms with Gasteiger partial charge in [0.2, 0.25) is 0 Å². The highest BCUT2D eigenvalue weighted by atomic mass is 32.2. The summed E-state index contributed by atoms with van der Waals surface area (Å²) in [5.74, 6) is 1.07. The van der Waals surface area contributed by atoms with E-state index in [0.717, 1.165) is 37.0 Å². The number of nitrogens with one attached hydrogen (secondary N) is 1. The van der Waals surface area contributed by atoms with Gasteiger partial charge in [-0.15, -0.1) is 11.8 Å². The molecule has 0 bridgehead atoms. The third-order valence-corrected chi connectivity index (χ3v) is 4.33. The molecule has 1 aromatic heterocycles. The Balaban J connectivity index is 1.57. The van der Waals surface area contributed by atoms with Crippen LogP contribution in [0.1, 0.15) is 0 Å². The van der Waals surface area contributed by atoms with Gasteiger partial charge < -0.3 is 10.2 Å². The topological polar surface area (TPSA) is 44.3 Å². The molecule has 0 aromatic carbocycles. The van der Waals surface area contributed by atoms with Gasteiger partial charge in [-0.2, -0.15) is 0 Å². The minimum absolute atomic E-state index is 0.708. The smallest absolute Gasteiger partial charge is 0.133 e. The molecule has 0 amide bonds. The second-order valence-corrected chi connectivity index (χ2v) is 5.59. The van der Waals surface area contributed by atoms with E-state index in [0.29, 0.717) is 6.04 Å². The largest absolute Gasteiger partial charge is 0.353 e. The first-order chi connectivity index (χ1) is 8.86. The molecule has 0 atom stereocenters. The van der Waals surface area contributed by atoms with Gasteiger partial charge in [0, 0.05) is 51.4 Å². The van der Waals surface area contributed by atoms with Gasteiger partial charge in [0.15, 0.2) is 0 Å². The normalized spacial score (nSPS) is 21.9. The molecule has 6 heteroatoms.